The monoisotopic (exact) mass is 312 g/mol. The Morgan fingerprint density at radius 3 is 2.89 bits per heavy atom. The summed E-state index contributed by atoms with van der Waals surface area (Å²) in [6.45, 7) is 3.06. The Kier molecular flexibility index (Phi) is 4.22. The lowest BCUT2D eigenvalue weighted by Crippen LogP contribution is -2.32. The first-order valence-electron chi connectivity index (χ1n) is 6.30. The average Bonchev–Trinajstić information content (AvgIpc) is 2.54. The highest BCUT2D eigenvalue weighted by atomic mass is 79.9. The molecule has 0 aliphatic carbocycles. The summed E-state index contributed by atoms with van der Waals surface area (Å²) >= 11 is 3.30. The standard InChI is InChI=1S/C13H17BrN2O2/c1-10-5-3-2-4-8-15(10)12-7-6-11(14)9-13(12)16(17)18/h6-7,9-10H,2-5,8H2,1H3. The van der Waals surface area contributed by atoms with E-state index in [1.807, 2.05) is 12.1 Å². The Morgan fingerprint density at radius 1 is 1.39 bits per heavy atom. The maximum atomic E-state index is 11.2. The van der Waals surface area contributed by atoms with Crippen LogP contribution >= 0.6 is 15.9 Å². The van der Waals surface area contributed by atoms with Crippen molar-refractivity contribution in [1.29, 1.82) is 0 Å². The maximum absolute atomic E-state index is 11.2. The molecule has 0 N–H and O–H groups in total. The Bertz CT molecular complexity index is 451. The van der Waals surface area contributed by atoms with Crippen molar-refractivity contribution in [3.63, 3.8) is 0 Å². The Hall–Kier alpha value is -1.10. The smallest absolute Gasteiger partial charge is 0.293 e. The summed E-state index contributed by atoms with van der Waals surface area (Å²) in [4.78, 5) is 13.1. The third kappa shape index (κ3) is 2.83. The van der Waals surface area contributed by atoms with Crippen LogP contribution < -0.4 is 4.90 Å². The van der Waals surface area contributed by atoms with Gasteiger partial charge in [0.05, 0.1) is 4.92 Å². The van der Waals surface area contributed by atoms with E-state index in [0.717, 1.165) is 29.5 Å². The van der Waals surface area contributed by atoms with Crippen LogP contribution in [0.15, 0.2) is 22.7 Å². The van der Waals surface area contributed by atoms with E-state index in [2.05, 4.69) is 27.8 Å². The highest BCUT2D eigenvalue weighted by molar-refractivity contribution is 9.10. The molecule has 0 radical (unpaired) electrons. The predicted octanol–water partition coefficient (Wildman–Crippen LogP) is 4.13. The minimum atomic E-state index is -0.294. The molecule has 18 heavy (non-hydrogen) atoms. The first-order chi connectivity index (χ1) is 8.59. The van der Waals surface area contributed by atoms with Crippen LogP contribution in [0.1, 0.15) is 32.6 Å². The molecule has 4 nitrogen and oxygen atoms in total. The van der Waals surface area contributed by atoms with Gasteiger partial charge < -0.3 is 4.90 Å². The first-order valence-corrected chi connectivity index (χ1v) is 7.09. The van der Waals surface area contributed by atoms with E-state index in [9.17, 15) is 10.1 Å². The zero-order chi connectivity index (χ0) is 13.1. The van der Waals surface area contributed by atoms with E-state index in [0.29, 0.717) is 6.04 Å². The molecule has 1 atom stereocenters. The topological polar surface area (TPSA) is 46.4 Å². The van der Waals surface area contributed by atoms with Gasteiger partial charge in [0, 0.05) is 23.1 Å². The summed E-state index contributed by atoms with van der Waals surface area (Å²) in [7, 11) is 0. The number of nitrogens with zero attached hydrogens (tertiary/aromatic N) is 2. The first kappa shape index (κ1) is 13.3. The molecule has 0 aromatic heterocycles. The van der Waals surface area contributed by atoms with Gasteiger partial charge in [-0.1, -0.05) is 28.8 Å². The Balaban J connectivity index is 2.39. The minimum absolute atomic E-state index is 0.193. The number of rotatable bonds is 2. The predicted molar refractivity (Wildman–Crippen MR) is 76.1 cm³/mol. The number of halogens is 1. The van der Waals surface area contributed by atoms with Crippen molar-refractivity contribution in [2.45, 2.75) is 38.6 Å². The lowest BCUT2D eigenvalue weighted by Gasteiger charge is -2.29. The summed E-state index contributed by atoms with van der Waals surface area (Å²) < 4.78 is 0.750. The zero-order valence-corrected chi connectivity index (χ0v) is 12.0. The molecule has 0 spiro atoms. The van der Waals surface area contributed by atoms with Crippen LogP contribution in [0.25, 0.3) is 0 Å². The van der Waals surface area contributed by atoms with Gasteiger partial charge in [-0.3, -0.25) is 10.1 Å². The molecule has 98 valence electrons. The van der Waals surface area contributed by atoms with Crippen molar-refractivity contribution in [1.82, 2.24) is 0 Å². The summed E-state index contributed by atoms with van der Waals surface area (Å²) in [6, 6.07) is 5.68. The molecular weight excluding hydrogens is 296 g/mol. The van der Waals surface area contributed by atoms with Gasteiger partial charge in [-0.2, -0.15) is 0 Å². The third-order valence-corrected chi connectivity index (χ3v) is 3.99. The van der Waals surface area contributed by atoms with Gasteiger partial charge in [0.15, 0.2) is 0 Å². The maximum Gasteiger partial charge on any atom is 0.293 e. The summed E-state index contributed by atoms with van der Waals surface area (Å²) in [6.07, 6.45) is 4.64. The van der Waals surface area contributed by atoms with Crippen LogP contribution in [0.4, 0.5) is 11.4 Å². The molecule has 0 bridgehead atoms. The normalized spacial score (nSPS) is 20.6. The van der Waals surface area contributed by atoms with E-state index in [1.54, 1.807) is 6.07 Å². The molecule has 1 aliphatic rings. The molecule has 1 unspecified atom stereocenters. The van der Waals surface area contributed by atoms with Crippen LogP contribution in [0, 0.1) is 10.1 Å². The van der Waals surface area contributed by atoms with Crippen LogP contribution in [0.3, 0.4) is 0 Å². The molecule has 5 heteroatoms. The van der Waals surface area contributed by atoms with Crippen LogP contribution in [0.5, 0.6) is 0 Å². The zero-order valence-electron chi connectivity index (χ0n) is 10.4. The van der Waals surface area contributed by atoms with E-state index >= 15 is 0 Å². The van der Waals surface area contributed by atoms with Crippen molar-refractivity contribution in [3.05, 3.63) is 32.8 Å². The average molecular weight is 313 g/mol. The Labute approximate surface area is 115 Å². The van der Waals surface area contributed by atoms with Crippen LogP contribution in [-0.4, -0.2) is 17.5 Å². The second-order valence-corrected chi connectivity index (χ2v) is 5.70. The van der Waals surface area contributed by atoms with E-state index in [1.165, 1.54) is 12.8 Å². The summed E-state index contributed by atoms with van der Waals surface area (Å²) in [5.41, 5.74) is 0.940. The fourth-order valence-electron chi connectivity index (χ4n) is 2.52. The van der Waals surface area contributed by atoms with Gasteiger partial charge in [0.1, 0.15) is 5.69 Å². The van der Waals surface area contributed by atoms with Crippen molar-refractivity contribution >= 4 is 27.3 Å². The number of benzene rings is 1. The van der Waals surface area contributed by atoms with E-state index in [-0.39, 0.29) is 10.6 Å². The SMILES string of the molecule is CC1CCCCCN1c1ccc(Br)cc1[N+](=O)[O-]. The molecule has 0 saturated carbocycles. The highest BCUT2D eigenvalue weighted by Gasteiger charge is 2.24. The Morgan fingerprint density at radius 2 is 2.17 bits per heavy atom. The minimum Gasteiger partial charge on any atom is -0.363 e. The molecule has 1 heterocycles. The lowest BCUT2D eigenvalue weighted by molar-refractivity contribution is -0.384. The van der Waals surface area contributed by atoms with Crippen LogP contribution in [-0.2, 0) is 0 Å². The summed E-state index contributed by atoms with van der Waals surface area (Å²) in [5.74, 6) is 0. The van der Waals surface area contributed by atoms with Crippen LogP contribution in [0.2, 0.25) is 0 Å². The molecule has 1 fully saturated rings. The molecule has 1 aliphatic heterocycles. The third-order valence-electron chi connectivity index (χ3n) is 3.50. The van der Waals surface area contributed by atoms with Gasteiger partial charge in [-0.05, 0) is 31.9 Å². The molecule has 1 saturated heterocycles. The van der Waals surface area contributed by atoms with E-state index < -0.39 is 0 Å². The molecular formula is C13H17BrN2O2. The van der Waals surface area contributed by atoms with Crippen molar-refractivity contribution in [2.24, 2.45) is 0 Å². The van der Waals surface area contributed by atoms with Gasteiger partial charge in [-0.15, -0.1) is 0 Å². The summed E-state index contributed by atoms with van der Waals surface area (Å²) in [5, 5.41) is 11.2. The van der Waals surface area contributed by atoms with Crippen molar-refractivity contribution < 1.29 is 4.92 Å². The fourth-order valence-corrected chi connectivity index (χ4v) is 2.87. The molecule has 0 amide bonds. The van der Waals surface area contributed by atoms with E-state index in [4.69, 9.17) is 0 Å². The number of nitro groups is 1. The second kappa shape index (κ2) is 5.69. The van der Waals surface area contributed by atoms with Crippen molar-refractivity contribution in [3.8, 4) is 0 Å². The second-order valence-electron chi connectivity index (χ2n) is 4.78. The number of nitro benzene ring substituents is 1. The van der Waals surface area contributed by atoms with Crippen molar-refractivity contribution in [2.75, 3.05) is 11.4 Å². The number of hydrogen-bond acceptors (Lipinski definition) is 3. The van der Waals surface area contributed by atoms with Gasteiger partial charge >= 0.3 is 0 Å². The quantitative estimate of drug-likeness (QED) is 0.609. The van der Waals surface area contributed by atoms with Gasteiger partial charge in [0.25, 0.3) is 5.69 Å². The van der Waals surface area contributed by atoms with Gasteiger partial charge in [-0.25, -0.2) is 0 Å². The molecule has 2 rings (SSSR count). The lowest BCUT2D eigenvalue weighted by atomic mass is 10.1. The molecule has 1 aromatic rings. The number of hydrogen-bond donors (Lipinski definition) is 0. The van der Waals surface area contributed by atoms with Gasteiger partial charge in [0.2, 0.25) is 0 Å². The number of anilines is 1. The highest BCUT2D eigenvalue weighted by Crippen LogP contribution is 2.34. The fraction of sp³-hybridized carbons (Fsp3) is 0.538. The largest absolute Gasteiger partial charge is 0.363 e. The molecule has 1 aromatic carbocycles.